The molecule has 1 saturated heterocycles. The van der Waals surface area contributed by atoms with Gasteiger partial charge in [0.15, 0.2) is 0 Å². The molecule has 106 valence electrons. The maximum absolute atomic E-state index is 12.7. The lowest BCUT2D eigenvalue weighted by Gasteiger charge is -2.22. The summed E-state index contributed by atoms with van der Waals surface area (Å²) in [4.78, 5) is 0.405. The Morgan fingerprint density at radius 2 is 2.00 bits per heavy atom. The van der Waals surface area contributed by atoms with Crippen molar-refractivity contribution in [2.45, 2.75) is 50.4 Å². The van der Waals surface area contributed by atoms with E-state index in [1.165, 1.54) is 0 Å². The van der Waals surface area contributed by atoms with E-state index in [-0.39, 0.29) is 6.04 Å². The molecular weight excluding hydrogens is 282 g/mol. The molecule has 0 amide bonds. The molecule has 0 bridgehead atoms. The zero-order valence-electron chi connectivity index (χ0n) is 11.6. The number of hydrogen-bond acceptors (Lipinski definition) is 2. The molecule has 5 heteroatoms. The number of nitrogens with zero attached hydrogens (tertiary/aromatic N) is 1. The Hall–Kier alpha value is -0.580. The molecule has 3 nitrogen and oxygen atoms in total. The van der Waals surface area contributed by atoms with E-state index < -0.39 is 10.0 Å². The highest BCUT2D eigenvalue weighted by Crippen LogP contribution is 2.29. The molecule has 1 heterocycles. The van der Waals surface area contributed by atoms with Crippen LogP contribution in [-0.2, 0) is 15.9 Å². The number of aryl methyl sites for hydroxylation is 2. The van der Waals surface area contributed by atoms with Gasteiger partial charge in [-0.25, -0.2) is 8.42 Å². The molecule has 1 unspecified atom stereocenters. The smallest absolute Gasteiger partial charge is 0.207 e. The minimum Gasteiger partial charge on any atom is -0.207 e. The summed E-state index contributed by atoms with van der Waals surface area (Å²) in [5.74, 6) is 0.337. The van der Waals surface area contributed by atoms with Crippen LogP contribution in [0.15, 0.2) is 17.0 Å². The van der Waals surface area contributed by atoms with Gasteiger partial charge in [0.2, 0.25) is 10.0 Å². The predicted molar refractivity (Wildman–Crippen MR) is 78.1 cm³/mol. The standard InChI is InChI=1S/C14H20ClNO2S/c1-10-7-11(2)14(8-13(10)9-15)19(17,18)16-6-4-5-12(16)3/h7-8,12H,4-6,9H2,1-3H3. The van der Waals surface area contributed by atoms with Crippen LogP contribution in [0.4, 0.5) is 0 Å². The van der Waals surface area contributed by atoms with Gasteiger partial charge < -0.3 is 0 Å². The Balaban J connectivity index is 2.51. The van der Waals surface area contributed by atoms with Gasteiger partial charge in [0.05, 0.1) is 4.90 Å². The van der Waals surface area contributed by atoms with Gasteiger partial charge in [0, 0.05) is 18.5 Å². The molecule has 1 aliphatic heterocycles. The minimum atomic E-state index is -3.39. The van der Waals surface area contributed by atoms with E-state index >= 15 is 0 Å². The number of sulfonamides is 1. The lowest BCUT2D eigenvalue weighted by Crippen LogP contribution is -2.34. The highest BCUT2D eigenvalue weighted by Gasteiger charge is 2.33. The Bertz CT molecular complexity index is 583. The van der Waals surface area contributed by atoms with Gasteiger partial charge in [-0.05, 0) is 56.4 Å². The van der Waals surface area contributed by atoms with Gasteiger partial charge >= 0.3 is 0 Å². The van der Waals surface area contributed by atoms with Crippen LogP contribution in [0.5, 0.6) is 0 Å². The van der Waals surface area contributed by atoms with Crippen molar-refractivity contribution in [2.24, 2.45) is 0 Å². The van der Waals surface area contributed by atoms with E-state index in [9.17, 15) is 8.42 Å². The van der Waals surface area contributed by atoms with Crippen molar-refractivity contribution >= 4 is 21.6 Å². The van der Waals surface area contributed by atoms with Crippen molar-refractivity contribution < 1.29 is 8.42 Å². The van der Waals surface area contributed by atoms with Crippen LogP contribution in [0.1, 0.15) is 36.5 Å². The second-order valence-electron chi connectivity index (χ2n) is 5.28. The van der Waals surface area contributed by atoms with Crippen LogP contribution in [0.25, 0.3) is 0 Å². The van der Waals surface area contributed by atoms with Crippen LogP contribution in [0, 0.1) is 13.8 Å². The molecular formula is C14H20ClNO2S. The van der Waals surface area contributed by atoms with Crippen molar-refractivity contribution in [3.8, 4) is 0 Å². The lowest BCUT2D eigenvalue weighted by atomic mass is 10.1. The van der Waals surface area contributed by atoms with Gasteiger partial charge in [-0.2, -0.15) is 4.31 Å². The summed E-state index contributed by atoms with van der Waals surface area (Å²) in [5.41, 5.74) is 2.73. The van der Waals surface area contributed by atoms with Gasteiger partial charge in [-0.3, -0.25) is 0 Å². The van der Waals surface area contributed by atoms with Gasteiger partial charge in [0.1, 0.15) is 0 Å². The van der Waals surface area contributed by atoms with Crippen LogP contribution in [0.3, 0.4) is 0 Å². The lowest BCUT2D eigenvalue weighted by molar-refractivity contribution is 0.408. The molecule has 1 atom stereocenters. The SMILES string of the molecule is Cc1cc(C)c(S(=O)(=O)N2CCCC2C)cc1CCl. The van der Waals surface area contributed by atoms with Crippen LogP contribution >= 0.6 is 11.6 Å². The van der Waals surface area contributed by atoms with Crippen molar-refractivity contribution in [2.75, 3.05) is 6.54 Å². The zero-order valence-corrected chi connectivity index (χ0v) is 13.2. The summed E-state index contributed by atoms with van der Waals surface area (Å²) in [5, 5.41) is 0. The average molecular weight is 302 g/mol. The molecule has 2 rings (SSSR count). The summed E-state index contributed by atoms with van der Waals surface area (Å²) in [6.07, 6.45) is 1.88. The molecule has 19 heavy (non-hydrogen) atoms. The van der Waals surface area contributed by atoms with Crippen molar-refractivity contribution in [1.29, 1.82) is 0 Å². The van der Waals surface area contributed by atoms with E-state index in [1.807, 2.05) is 26.8 Å². The Morgan fingerprint density at radius 3 is 2.53 bits per heavy atom. The summed E-state index contributed by atoms with van der Waals surface area (Å²) < 4.78 is 27.1. The maximum atomic E-state index is 12.7. The number of rotatable bonds is 3. The van der Waals surface area contributed by atoms with E-state index in [0.29, 0.717) is 17.3 Å². The molecule has 0 aliphatic carbocycles. The molecule has 0 saturated carbocycles. The topological polar surface area (TPSA) is 37.4 Å². The van der Waals surface area contributed by atoms with E-state index in [4.69, 9.17) is 11.6 Å². The number of halogens is 1. The van der Waals surface area contributed by atoms with Crippen molar-refractivity contribution in [1.82, 2.24) is 4.31 Å². The fourth-order valence-electron chi connectivity index (χ4n) is 2.69. The Labute approximate surface area is 120 Å². The normalized spacial score (nSPS) is 20.9. The molecule has 0 spiro atoms. The Kier molecular flexibility index (Phi) is 4.23. The van der Waals surface area contributed by atoms with Gasteiger partial charge in [-0.15, -0.1) is 11.6 Å². The third-order valence-electron chi connectivity index (χ3n) is 3.86. The highest BCUT2D eigenvalue weighted by atomic mass is 35.5. The van der Waals surface area contributed by atoms with E-state index in [2.05, 4.69) is 0 Å². The van der Waals surface area contributed by atoms with Crippen molar-refractivity contribution in [3.63, 3.8) is 0 Å². The van der Waals surface area contributed by atoms with Crippen LogP contribution < -0.4 is 0 Å². The molecule has 1 fully saturated rings. The first-order chi connectivity index (χ1) is 8.87. The summed E-state index contributed by atoms with van der Waals surface area (Å²) in [7, 11) is -3.39. The molecule has 0 N–H and O–H groups in total. The number of alkyl halides is 1. The molecule has 1 aliphatic rings. The third-order valence-corrected chi connectivity index (χ3v) is 6.30. The second-order valence-corrected chi connectivity index (χ2v) is 7.41. The van der Waals surface area contributed by atoms with Gasteiger partial charge in [-0.1, -0.05) is 6.07 Å². The van der Waals surface area contributed by atoms with Crippen LogP contribution in [0.2, 0.25) is 0 Å². The third kappa shape index (κ3) is 2.67. The monoisotopic (exact) mass is 301 g/mol. The number of hydrogen-bond donors (Lipinski definition) is 0. The quantitative estimate of drug-likeness (QED) is 0.804. The summed E-state index contributed by atoms with van der Waals surface area (Å²) in [6, 6.07) is 3.73. The maximum Gasteiger partial charge on any atom is 0.243 e. The minimum absolute atomic E-state index is 0.0881. The van der Waals surface area contributed by atoms with E-state index in [0.717, 1.165) is 29.5 Å². The molecule has 0 aromatic heterocycles. The molecule has 1 aromatic carbocycles. The first-order valence-corrected chi connectivity index (χ1v) is 8.53. The van der Waals surface area contributed by atoms with Gasteiger partial charge in [0.25, 0.3) is 0 Å². The van der Waals surface area contributed by atoms with Crippen molar-refractivity contribution in [3.05, 3.63) is 28.8 Å². The predicted octanol–water partition coefficient (Wildman–Crippen LogP) is 3.22. The second kappa shape index (κ2) is 5.43. The first-order valence-electron chi connectivity index (χ1n) is 6.56. The van der Waals surface area contributed by atoms with Crippen LogP contribution in [-0.4, -0.2) is 25.3 Å². The average Bonchev–Trinajstić information content (AvgIpc) is 2.76. The Morgan fingerprint density at radius 1 is 1.32 bits per heavy atom. The fraction of sp³-hybridized carbons (Fsp3) is 0.571. The summed E-state index contributed by atoms with van der Waals surface area (Å²) in [6.45, 7) is 6.39. The number of benzene rings is 1. The largest absolute Gasteiger partial charge is 0.243 e. The zero-order chi connectivity index (χ0) is 14.2. The summed E-state index contributed by atoms with van der Waals surface area (Å²) >= 11 is 5.89. The molecule has 1 aromatic rings. The van der Waals surface area contributed by atoms with E-state index in [1.54, 1.807) is 10.4 Å². The first kappa shape index (κ1) is 14.8. The highest BCUT2D eigenvalue weighted by molar-refractivity contribution is 7.89. The fourth-order valence-corrected chi connectivity index (χ4v) is 4.93. The molecule has 0 radical (unpaired) electrons.